The topological polar surface area (TPSA) is 0 Å². The van der Waals surface area contributed by atoms with Crippen LogP contribution in [0.5, 0.6) is 0 Å². The molecule has 0 nitrogen and oxygen atoms in total. The first-order valence-electron chi connectivity index (χ1n) is 5.34. The second-order valence-electron chi connectivity index (χ2n) is 4.19. The van der Waals surface area contributed by atoms with E-state index in [0.717, 1.165) is 11.3 Å². The first kappa shape index (κ1) is 9.85. The molecular weight excluding hydrogens is 188 g/mol. The minimum Gasteiger partial charge on any atom is -0.0900 e. The molecule has 2 rings (SSSR count). The van der Waals surface area contributed by atoms with Crippen LogP contribution in [-0.2, 0) is 6.42 Å². The van der Waals surface area contributed by atoms with Gasteiger partial charge in [0, 0.05) is 0 Å². The Morgan fingerprint density at radius 2 is 2.21 bits per heavy atom. The lowest BCUT2D eigenvalue weighted by Gasteiger charge is -2.25. The third kappa shape index (κ3) is 2.03. The smallest absolute Gasteiger partial charge is 0.00964 e. The molecule has 0 aromatic heterocycles. The zero-order valence-electron chi connectivity index (χ0n) is 8.62. The van der Waals surface area contributed by atoms with E-state index in [1.807, 2.05) is 0 Å². The van der Waals surface area contributed by atoms with Crippen molar-refractivity contribution in [3.63, 3.8) is 0 Å². The molecule has 0 aliphatic heterocycles. The lowest BCUT2D eigenvalue weighted by molar-refractivity contribution is 0.569. The summed E-state index contributed by atoms with van der Waals surface area (Å²) in [6.45, 7) is 2.06. The highest BCUT2D eigenvalue weighted by Gasteiger charge is 2.19. The Morgan fingerprint density at radius 1 is 1.43 bits per heavy atom. The van der Waals surface area contributed by atoms with Crippen LogP contribution < -0.4 is 0 Å². The summed E-state index contributed by atoms with van der Waals surface area (Å²) in [5, 5.41) is 0. The van der Waals surface area contributed by atoms with E-state index in [-0.39, 0.29) is 0 Å². The fourth-order valence-electron chi connectivity index (χ4n) is 2.41. The van der Waals surface area contributed by atoms with E-state index in [2.05, 4.69) is 31.2 Å². The summed E-state index contributed by atoms with van der Waals surface area (Å²) in [4.78, 5) is 1.15. The molecule has 0 bridgehead atoms. The van der Waals surface area contributed by atoms with Gasteiger partial charge in [-0.25, -0.2) is 0 Å². The van der Waals surface area contributed by atoms with Crippen LogP contribution in [-0.4, -0.2) is 4.86 Å². The third-order valence-electron chi connectivity index (χ3n) is 3.03. The van der Waals surface area contributed by atoms with Crippen molar-refractivity contribution in [2.75, 3.05) is 0 Å². The molecule has 1 aromatic rings. The van der Waals surface area contributed by atoms with Gasteiger partial charge in [0.1, 0.15) is 0 Å². The molecule has 1 aliphatic rings. The largest absolute Gasteiger partial charge is 0.0900 e. The number of benzene rings is 1. The molecule has 0 fully saturated rings. The Morgan fingerprint density at radius 3 is 3.00 bits per heavy atom. The van der Waals surface area contributed by atoms with E-state index in [0.29, 0.717) is 5.92 Å². The van der Waals surface area contributed by atoms with E-state index < -0.39 is 0 Å². The van der Waals surface area contributed by atoms with E-state index >= 15 is 0 Å². The number of hydrogen-bond donors (Lipinski definition) is 0. The highest BCUT2D eigenvalue weighted by atomic mass is 32.1. The van der Waals surface area contributed by atoms with Crippen LogP contribution in [0, 0.1) is 0 Å². The van der Waals surface area contributed by atoms with E-state index in [1.165, 1.54) is 19.3 Å². The normalized spacial score (nSPS) is 20.2. The monoisotopic (exact) mass is 204 g/mol. The van der Waals surface area contributed by atoms with Crippen molar-refractivity contribution in [2.24, 2.45) is 0 Å². The molecule has 14 heavy (non-hydrogen) atoms. The van der Waals surface area contributed by atoms with Gasteiger partial charge in [0.2, 0.25) is 0 Å². The molecule has 1 unspecified atom stereocenters. The van der Waals surface area contributed by atoms with Crippen LogP contribution in [0.4, 0.5) is 0 Å². The molecule has 1 aliphatic carbocycles. The van der Waals surface area contributed by atoms with Crippen LogP contribution in [0.3, 0.4) is 0 Å². The zero-order chi connectivity index (χ0) is 9.97. The van der Waals surface area contributed by atoms with Crippen LogP contribution in [0.25, 0.3) is 0 Å². The quantitative estimate of drug-likeness (QED) is 0.659. The van der Waals surface area contributed by atoms with Crippen molar-refractivity contribution in [1.29, 1.82) is 0 Å². The number of rotatable bonds is 2. The molecule has 0 saturated carbocycles. The molecule has 0 radical (unpaired) electrons. The second kappa shape index (κ2) is 4.22. The summed E-state index contributed by atoms with van der Waals surface area (Å²) in [5.41, 5.74) is 3.09. The van der Waals surface area contributed by atoms with Crippen LogP contribution in [0.15, 0.2) is 24.3 Å². The molecule has 0 heterocycles. The van der Waals surface area contributed by atoms with Gasteiger partial charge >= 0.3 is 0 Å². The maximum absolute atomic E-state index is 5.21. The van der Waals surface area contributed by atoms with Gasteiger partial charge in [-0.3, -0.25) is 0 Å². The fourth-order valence-corrected chi connectivity index (χ4v) is 2.61. The van der Waals surface area contributed by atoms with E-state index in [1.54, 1.807) is 11.1 Å². The standard InChI is InChI=1S/C13H16S/c1-10(14)9-12-7-4-6-11-5-2-3-8-13(11)12/h2-3,5,8,12H,4,6-7,9H2,1H3. The molecule has 74 valence electrons. The molecule has 0 saturated heterocycles. The van der Waals surface area contributed by atoms with E-state index in [4.69, 9.17) is 12.2 Å². The summed E-state index contributed by atoms with van der Waals surface area (Å²) >= 11 is 5.21. The number of fused-ring (bicyclic) bond motifs is 1. The van der Waals surface area contributed by atoms with Crippen LogP contribution >= 0.6 is 12.2 Å². The highest BCUT2D eigenvalue weighted by Crippen LogP contribution is 2.33. The average Bonchev–Trinajstić information content (AvgIpc) is 2.18. The Kier molecular flexibility index (Phi) is 2.97. The number of aryl methyl sites for hydroxylation is 1. The number of hydrogen-bond acceptors (Lipinski definition) is 1. The van der Waals surface area contributed by atoms with Gasteiger partial charge in [0.15, 0.2) is 0 Å². The predicted molar refractivity (Wildman–Crippen MR) is 65.0 cm³/mol. The minimum absolute atomic E-state index is 0.692. The summed E-state index contributed by atoms with van der Waals surface area (Å²) in [7, 11) is 0. The maximum atomic E-state index is 5.21. The maximum Gasteiger partial charge on any atom is -0.00964 e. The summed E-state index contributed by atoms with van der Waals surface area (Å²) in [6, 6.07) is 8.83. The van der Waals surface area contributed by atoms with Gasteiger partial charge in [0.25, 0.3) is 0 Å². The van der Waals surface area contributed by atoms with Gasteiger partial charge in [-0.05, 0) is 54.5 Å². The van der Waals surface area contributed by atoms with Crippen molar-refractivity contribution >= 4 is 17.1 Å². The van der Waals surface area contributed by atoms with Crippen LogP contribution in [0.1, 0.15) is 43.2 Å². The summed E-state index contributed by atoms with van der Waals surface area (Å²) in [6.07, 6.45) is 4.98. The van der Waals surface area contributed by atoms with Crippen molar-refractivity contribution < 1.29 is 0 Å². The first-order valence-corrected chi connectivity index (χ1v) is 5.75. The Labute approximate surface area is 91.3 Å². The van der Waals surface area contributed by atoms with Crippen molar-refractivity contribution in [1.82, 2.24) is 0 Å². The van der Waals surface area contributed by atoms with Gasteiger partial charge < -0.3 is 0 Å². The molecule has 1 aromatic carbocycles. The Hall–Kier alpha value is -0.690. The van der Waals surface area contributed by atoms with Crippen LogP contribution in [0.2, 0.25) is 0 Å². The van der Waals surface area contributed by atoms with Gasteiger partial charge in [-0.2, -0.15) is 0 Å². The number of thiocarbonyl (C=S) groups is 1. The lowest BCUT2D eigenvalue weighted by atomic mass is 9.81. The van der Waals surface area contributed by atoms with Gasteiger partial charge in [-0.15, -0.1) is 0 Å². The molecular formula is C13H16S. The molecule has 0 amide bonds. The van der Waals surface area contributed by atoms with Gasteiger partial charge in [0.05, 0.1) is 0 Å². The fraction of sp³-hybridized carbons (Fsp3) is 0.462. The zero-order valence-corrected chi connectivity index (χ0v) is 9.44. The second-order valence-corrected chi connectivity index (χ2v) is 4.89. The molecule has 0 N–H and O–H groups in total. The van der Waals surface area contributed by atoms with E-state index in [9.17, 15) is 0 Å². The molecule has 1 atom stereocenters. The van der Waals surface area contributed by atoms with Crippen molar-refractivity contribution in [3.05, 3.63) is 35.4 Å². The summed E-state index contributed by atoms with van der Waals surface area (Å²) in [5.74, 6) is 0.692. The third-order valence-corrected chi connectivity index (χ3v) is 3.19. The molecule has 0 spiro atoms. The SMILES string of the molecule is CC(=S)CC1CCCc2ccccc21. The lowest BCUT2D eigenvalue weighted by Crippen LogP contribution is -2.11. The van der Waals surface area contributed by atoms with Crippen molar-refractivity contribution in [3.8, 4) is 0 Å². The van der Waals surface area contributed by atoms with Gasteiger partial charge in [-0.1, -0.05) is 36.5 Å². The Balaban J connectivity index is 2.26. The summed E-state index contributed by atoms with van der Waals surface area (Å²) < 4.78 is 0. The molecule has 1 heteroatoms. The first-order chi connectivity index (χ1) is 6.77. The predicted octanol–water partition coefficient (Wildman–Crippen LogP) is 3.89. The highest BCUT2D eigenvalue weighted by molar-refractivity contribution is 7.80. The minimum atomic E-state index is 0.692. The average molecular weight is 204 g/mol. The Bertz CT molecular complexity index is 341. The van der Waals surface area contributed by atoms with Crippen molar-refractivity contribution in [2.45, 2.75) is 38.5 Å².